The number of nitrogens with zero attached hydrogens (tertiary/aromatic N) is 1. The minimum atomic E-state index is 0.785. The molecule has 0 spiro atoms. The molecule has 2 nitrogen and oxygen atoms in total. The standard InChI is InChI=1S/C13H15NO/c1-2-6-13(5-1)7-3-4-8-14-9-11-15-12-10-14/h5H,1-2,6,9-12H2. The largest absolute Gasteiger partial charge is 0.378 e. The highest BCUT2D eigenvalue weighted by molar-refractivity contribution is 5.37. The second kappa shape index (κ2) is 5.49. The fourth-order valence-electron chi connectivity index (χ4n) is 1.68. The van der Waals surface area contributed by atoms with Crippen LogP contribution in [0.25, 0.3) is 0 Å². The maximum Gasteiger partial charge on any atom is 0.0649 e. The molecule has 0 unspecified atom stereocenters. The quantitative estimate of drug-likeness (QED) is 0.549. The average Bonchev–Trinajstić information content (AvgIpc) is 2.79. The first-order valence-corrected chi connectivity index (χ1v) is 5.48. The summed E-state index contributed by atoms with van der Waals surface area (Å²) in [5, 5.41) is 0. The van der Waals surface area contributed by atoms with Crippen LogP contribution in [0.4, 0.5) is 0 Å². The molecule has 0 aromatic heterocycles. The molecule has 2 aliphatic rings. The van der Waals surface area contributed by atoms with Crippen LogP contribution >= 0.6 is 0 Å². The minimum absolute atomic E-state index is 0.785. The van der Waals surface area contributed by atoms with Crippen LogP contribution in [-0.4, -0.2) is 31.2 Å². The first-order valence-electron chi connectivity index (χ1n) is 5.48. The Kier molecular flexibility index (Phi) is 3.71. The van der Waals surface area contributed by atoms with E-state index in [4.69, 9.17) is 4.74 Å². The van der Waals surface area contributed by atoms with Gasteiger partial charge in [0.1, 0.15) is 0 Å². The summed E-state index contributed by atoms with van der Waals surface area (Å²) >= 11 is 0. The Morgan fingerprint density at radius 2 is 2.07 bits per heavy atom. The van der Waals surface area contributed by atoms with Gasteiger partial charge in [-0.1, -0.05) is 12.0 Å². The van der Waals surface area contributed by atoms with Gasteiger partial charge in [0.05, 0.1) is 13.2 Å². The van der Waals surface area contributed by atoms with Crippen molar-refractivity contribution in [3.8, 4) is 23.8 Å². The van der Waals surface area contributed by atoms with Crippen molar-refractivity contribution in [3.63, 3.8) is 0 Å². The highest BCUT2D eigenvalue weighted by Gasteiger charge is 2.04. The van der Waals surface area contributed by atoms with Crippen LogP contribution in [0.1, 0.15) is 19.3 Å². The predicted octanol–water partition coefficient (Wildman–Crippen LogP) is 1.39. The molecule has 0 radical (unpaired) electrons. The summed E-state index contributed by atoms with van der Waals surface area (Å²) < 4.78 is 5.23. The predicted molar refractivity (Wildman–Crippen MR) is 59.9 cm³/mol. The van der Waals surface area contributed by atoms with Gasteiger partial charge >= 0.3 is 0 Å². The smallest absolute Gasteiger partial charge is 0.0649 e. The molecule has 1 saturated heterocycles. The Labute approximate surface area is 91.3 Å². The molecule has 0 aromatic rings. The van der Waals surface area contributed by atoms with E-state index in [1.54, 1.807) is 0 Å². The second-order valence-electron chi connectivity index (χ2n) is 3.71. The van der Waals surface area contributed by atoms with Crippen molar-refractivity contribution in [1.29, 1.82) is 0 Å². The normalized spacial score (nSPS) is 19.7. The zero-order valence-electron chi connectivity index (χ0n) is 8.88. The summed E-state index contributed by atoms with van der Waals surface area (Å²) in [6, 6.07) is 3.05. The van der Waals surface area contributed by atoms with E-state index in [1.165, 1.54) is 18.4 Å². The lowest BCUT2D eigenvalue weighted by atomic mass is 10.2. The van der Waals surface area contributed by atoms with Gasteiger partial charge in [-0.25, -0.2) is 0 Å². The van der Waals surface area contributed by atoms with Crippen LogP contribution in [-0.2, 0) is 4.74 Å². The van der Waals surface area contributed by atoms with Crippen molar-refractivity contribution in [2.24, 2.45) is 0 Å². The average molecular weight is 201 g/mol. The summed E-state index contributed by atoms with van der Waals surface area (Å²) in [5.74, 6) is 8.91. The lowest BCUT2D eigenvalue weighted by Gasteiger charge is -2.22. The Hall–Kier alpha value is -1.38. The zero-order chi connectivity index (χ0) is 10.3. The Balaban J connectivity index is 1.82. The Bertz CT molecular complexity index is 355. The maximum absolute atomic E-state index is 5.23. The van der Waals surface area contributed by atoms with E-state index < -0.39 is 0 Å². The van der Waals surface area contributed by atoms with Crippen LogP contribution in [0.2, 0.25) is 0 Å². The number of hydrogen-bond acceptors (Lipinski definition) is 2. The molecule has 0 saturated carbocycles. The van der Waals surface area contributed by atoms with Gasteiger partial charge in [0.15, 0.2) is 0 Å². The number of hydrogen-bond donors (Lipinski definition) is 0. The lowest BCUT2D eigenvalue weighted by Crippen LogP contribution is -2.32. The van der Waals surface area contributed by atoms with Gasteiger partial charge < -0.3 is 9.64 Å². The molecular formula is C13H15NO. The van der Waals surface area contributed by atoms with Crippen LogP contribution in [0.15, 0.2) is 11.6 Å². The van der Waals surface area contributed by atoms with Crippen molar-refractivity contribution in [2.75, 3.05) is 26.3 Å². The highest BCUT2D eigenvalue weighted by atomic mass is 16.5. The monoisotopic (exact) mass is 201 g/mol. The highest BCUT2D eigenvalue weighted by Crippen LogP contribution is 2.15. The molecule has 1 aliphatic heterocycles. The van der Waals surface area contributed by atoms with E-state index in [2.05, 4.69) is 34.8 Å². The van der Waals surface area contributed by atoms with E-state index >= 15 is 0 Å². The van der Waals surface area contributed by atoms with E-state index in [1.807, 2.05) is 0 Å². The summed E-state index contributed by atoms with van der Waals surface area (Å²) in [4.78, 5) is 2.07. The molecule has 0 aromatic carbocycles. The molecule has 1 aliphatic carbocycles. The molecular weight excluding hydrogens is 186 g/mol. The minimum Gasteiger partial charge on any atom is -0.378 e. The van der Waals surface area contributed by atoms with E-state index in [0.717, 1.165) is 32.7 Å². The van der Waals surface area contributed by atoms with Gasteiger partial charge in [0.25, 0.3) is 0 Å². The second-order valence-corrected chi connectivity index (χ2v) is 3.71. The van der Waals surface area contributed by atoms with Crippen LogP contribution in [0.3, 0.4) is 0 Å². The summed E-state index contributed by atoms with van der Waals surface area (Å²) in [6.45, 7) is 3.37. The summed E-state index contributed by atoms with van der Waals surface area (Å²) in [7, 11) is 0. The molecule has 0 bridgehead atoms. The van der Waals surface area contributed by atoms with Crippen molar-refractivity contribution < 1.29 is 4.74 Å². The molecule has 1 heterocycles. The lowest BCUT2D eigenvalue weighted by molar-refractivity contribution is 0.0638. The third-order valence-corrected chi connectivity index (χ3v) is 2.55. The summed E-state index contributed by atoms with van der Waals surface area (Å²) in [5.41, 5.74) is 1.26. The van der Waals surface area contributed by atoms with E-state index in [9.17, 15) is 0 Å². The first kappa shape index (κ1) is 10.1. The number of rotatable bonds is 0. The van der Waals surface area contributed by atoms with Crippen LogP contribution in [0, 0.1) is 23.8 Å². The number of allylic oxidation sites excluding steroid dienone is 2. The van der Waals surface area contributed by atoms with Crippen molar-refractivity contribution in [2.45, 2.75) is 19.3 Å². The van der Waals surface area contributed by atoms with Gasteiger partial charge in [0.2, 0.25) is 0 Å². The molecule has 1 fully saturated rings. The fraction of sp³-hybridized carbons (Fsp3) is 0.538. The van der Waals surface area contributed by atoms with Crippen molar-refractivity contribution >= 4 is 0 Å². The summed E-state index contributed by atoms with van der Waals surface area (Å²) in [6.07, 6.45) is 5.78. The topological polar surface area (TPSA) is 12.5 Å². The number of morpholine rings is 1. The molecule has 0 atom stereocenters. The fourth-order valence-corrected chi connectivity index (χ4v) is 1.68. The molecule has 15 heavy (non-hydrogen) atoms. The van der Waals surface area contributed by atoms with Crippen molar-refractivity contribution in [1.82, 2.24) is 4.90 Å². The molecule has 0 N–H and O–H groups in total. The molecule has 78 valence electrons. The van der Waals surface area contributed by atoms with Crippen molar-refractivity contribution in [3.05, 3.63) is 11.6 Å². The molecule has 0 amide bonds. The van der Waals surface area contributed by atoms with E-state index in [0.29, 0.717) is 0 Å². The van der Waals surface area contributed by atoms with E-state index in [-0.39, 0.29) is 0 Å². The maximum atomic E-state index is 5.23. The molecule has 2 rings (SSSR count). The third-order valence-electron chi connectivity index (χ3n) is 2.55. The zero-order valence-corrected chi connectivity index (χ0v) is 8.88. The first-order chi connectivity index (χ1) is 7.45. The van der Waals surface area contributed by atoms with Crippen LogP contribution in [0.5, 0.6) is 0 Å². The van der Waals surface area contributed by atoms with Gasteiger partial charge in [-0.05, 0) is 30.8 Å². The third kappa shape index (κ3) is 3.35. The Morgan fingerprint density at radius 3 is 2.80 bits per heavy atom. The van der Waals surface area contributed by atoms with Gasteiger partial charge in [0, 0.05) is 25.1 Å². The SMILES string of the molecule is C(C#CN1CCOCC1)#CC1=CCCC1. The molecule has 2 heteroatoms. The number of ether oxygens (including phenoxy) is 1. The van der Waals surface area contributed by atoms with Gasteiger partial charge in [-0.3, -0.25) is 0 Å². The Morgan fingerprint density at radius 1 is 1.20 bits per heavy atom. The van der Waals surface area contributed by atoms with Crippen LogP contribution < -0.4 is 0 Å². The van der Waals surface area contributed by atoms with Gasteiger partial charge in [-0.2, -0.15) is 0 Å². The van der Waals surface area contributed by atoms with Gasteiger partial charge in [-0.15, -0.1) is 0 Å².